The first-order valence-electron chi connectivity index (χ1n) is 8.78. The van der Waals surface area contributed by atoms with Gasteiger partial charge >= 0.3 is 6.09 Å². The lowest BCUT2D eigenvalue weighted by Gasteiger charge is -2.07. The fourth-order valence-electron chi connectivity index (χ4n) is 2.43. The second-order valence-corrected chi connectivity index (χ2v) is 5.83. The average Bonchev–Trinajstić information content (AvgIpc) is 3.27. The van der Waals surface area contributed by atoms with Crippen LogP contribution in [-0.2, 0) is 4.74 Å². The van der Waals surface area contributed by atoms with Crippen molar-refractivity contribution in [1.29, 1.82) is 0 Å². The van der Waals surface area contributed by atoms with E-state index in [4.69, 9.17) is 4.42 Å². The molecule has 0 aliphatic rings. The summed E-state index contributed by atoms with van der Waals surface area (Å²) in [5.41, 5.74) is 5.83. The molecular formula is C21H20N2O6. The summed E-state index contributed by atoms with van der Waals surface area (Å²) in [4.78, 5) is 32.9. The number of benzene rings is 2. The number of hydrogen-bond acceptors (Lipinski definition) is 6. The topological polar surface area (TPSA) is 126 Å². The smallest absolute Gasteiger partial charge is 0.404 e. The van der Waals surface area contributed by atoms with Crippen LogP contribution in [0.2, 0.25) is 0 Å². The van der Waals surface area contributed by atoms with E-state index in [1.807, 2.05) is 13.0 Å². The summed E-state index contributed by atoms with van der Waals surface area (Å²) in [5.74, 6) is 0.213. The number of carbonyl (C=O) groups is 2. The van der Waals surface area contributed by atoms with Gasteiger partial charge in [-0.25, -0.2) is 4.79 Å². The fraction of sp³-hybridized carbons (Fsp3) is 0.143. The lowest BCUT2D eigenvalue weighted by atomic mass is 9.96. The molecule has 3 aromatic rings. The Morgan fingerprint density at radius 3 is 2.34 bits per heavy atom. The van der Waals surface area contributed by atoms with E-state index in [-0.39, 0.29) is 11.5 Å². The van der Waals surface area contributed by atoms with Gasteiger partial charge in [0.15, 0.2) is 5.78 Å². The van der Waals surface area contributed by atoms with Crippen molar-refractivity contribution in [3.8, 4) is 11.3 Å². The molecule has 0 atom stereocenters. The van der Waals surface area contributed by atoms with Crippen molar-refractivity contribution in [2.45, 2.75) is 13.3 Å². The first-order chi connectivity index (χ1) is 13.9. The number of carbonyl (C=O) groups excluding carboxylic acids is 2. The van der Waals surface area contributed by atoms with Gasteiger partial charge in [-0.2, -0.15) is 0 Å². The van der Waals surface area contributed by atoms with E-state index < -0.39 is 11.0 Å². The first kappa shape index (κ1) is 21.4. The van der Waals surface area contributed by atoms with Crippen LogP contribution in [0.3, 0.4) is 0 Å². The number of rotatable bonds is 6. The second-order valence-electron chi connectivity index (χ2n) is 5.83. The Kier molecular flexibility index (Phi) is 7.67. The number of furan rings is 1. The zero-order chi connectivity index (χ0) is 21.2. The molecule has 1 heterocycles. The molecule has 0 radical (unpaired) electrons. The van der Waals surface area contributed by atoms with Crippen LogP contribution in [-0.4, -0.2) is 23.4 Å². The molecule has 8 nitrogen and oxygen atoms in total. The fourth-order valence-corrected chi connectivity index (χ4v) is 2.43. The Hall–Kier alpha value is -3.94. The Labute approximate surface area is 167 Å². The molecule has 3 rings (SSSR count). The van der Waals surface area contributed by atoms with Crippen LogP contribution >= 0.6 is 0 Å². The van der Waals surface area contributed by atoms with Gasteiger partial charge in [0.05, 0.1) is 17.8 Å². The normalized spacial score (nSPS) is 9.83. The van der Waals surface area contributed by atoms with Gasteiger partial charge in [-0.3, -0.25) is 14.9 Å². The Morgan fingerprint density at radius 1 is 1.10 bits per heavy atom. The summed E-state index contributed by atoms with van der Waals surface area (Å²) in [7, 11) is 0. The third-order valence-electron chi connectivity index (χ3n) is 3.73. The number of nitro groups is 1. The molecule has 0 fully saturated rings. The van der Waals surface area contributed by atoms with Gasteiger partial charge in [-0.1, -0.05) is 37.3 Å². The lowest BCUT2D eigenvalue weighted by Crippen LogP contribution is -2.12. The first-order valence-corrected chi connectivity index (χ1v) is 8.78. The van der Waals surface area contributed by atoms with E-state index in [0.717, 1.165) is 6.42 Å². The lowest BCUT2D eigenvalue weighted by molar-refractivity contribution is -0.384. The van der Waals surface area contributed by atoms with E-state index in [1.165, 1.54) is 24.5 Å². The third kappa shape index (κ3) is 6.03. The van der Waals surface area contributed by atoms with E-state index in [9.17, 15) is 19.7 Å². The van der Waals surface area contributed by atoms with Crippen molar-refractivity contribution in [3.05, 3.63) is 88.2 Å². The van der Waals surface area contributed by atoms with E-state index in [2.05, 4.69) is 10.5 Å². The number of non-ortho nitro benzene ring substituents is 1. The molecular weight excluding hydrogens is 376 g/mol. The van der Waals surface area contributed by atoms with Crippen LogP contribution in [0.5, 0.6) is 0 Å². The second kappa shape index (κ2) is 10.4. The van der Waals surface area contributed by atoms with E-state index in [1.54, 1.807) is 36.4 Å². The molecule has 150 valence electrons. The molecule has 2 N–H and O–H groups in total. The van der Waals surface area contributed by atoms with Gasteiger partial charge < -0.3 is 14.9 Å². The van der Waals surface area contributed by atoms with Crippen LogP contribution in [0.15, 0.2) is 71.3 Å². The van der Waals surface area contributed by atoms with Crippen molar-refractivity contribution in [2.75, 3.05) is 6.61 Å². The van der Waals surface area contributed by atoms with Gasteiger partial charge in [0.2, 0.25) is 0 Å². The highest BCUT2D eigenvalue weighted by molar-refractivity contribution is 6.12. The van der Waals surface area contributed by atoms with Crippen LogP contribution in [0, 0.1) is 10.1 Å². The molecule has 29 heavy (non-hydrogen) atoms. The number of primary amides is 1. The zero-order valence-corrected chi connectivity index (χ0v) is 15.7. The minimum atomic E-state index is -0.693. The molecule has 1 aromatic heterocycles. The van der Waals surface area contributed by atoms with Crippen molar-refractivity contribution in [3.63, 3.8) is 0 Å². The Balaban J connectivity index is 0.000000370. The molecule has 0 aliphatic heterocycles. The molecule has 0 saturated carbocycles. The van der Waals surface area contributed by atoms with Gasteiger partial charge in [0, 0.05) is 28.8 Å². The molecule has 0 aliphatic carbocycles. The highest BCUT2D eigenvalue weighted by Crippen LogP contribution is 2.30. The molecule has 0 unspecified atom stereocenters. The van der Waals surface area contributed by atoms with Crippen LogP contribution in [0.25, 0.3) is 11.3 Å². The Bertz CT molecular complexity index is 968. The number of ketones is 1. The summed E-state index contributed by atoms with van der Waals surface area (Å²) in [6.45, 7) is 2.33. The van der Waals surface area contributed by atoms with Crippen molar-refractivity contribution >= 4 is 17.6 Å². The van der Waals surface area contributed by atoms with Gasteiger partial charge in [-0.15, -0.1) is 0 Å². The summed E-state index contributed by atoms with van der Waals surface area (Å²) < 4.78 is 9.64. The molecule has 1 amide bonds. The predicted molar refractivity (Wildman–Crippen MR) is 106 cm³/mol. The van der Waals surface area contributed by atoms with Crippen molar-refractivity contribution in [2.24, 2.45) is 5.73 Å². The number of ether oxygens (including phenoxy) is 1. The maximum atomic E-state index is 12.6. The zero-order valence-electron chi connectivity index (χ0n) is 15.7. The van der Waals surface area contributed by atoms with Gasteiger partial charge in [0.25, 0.3) is 5.69 Å². The van der Waals surface area contributed by atoms with Gasteiger partial charge in [0.1, 0.15) is 5.76 Å². The maximum Gasteiger partial charge on any atom is 0.404 e. The molecule has 2 aromatic carbocycles. The molecule has 0 bridgehead atoms. The third-order valence-corrected chi connectivity index (χ3v) is 3.73. The predicted octanol–water partition coefficient (Wildman–Crippen LogP) is 4.58. The SMILES string of the molecule is CCCOC(N)=O.O=C(c1ccccc1)c1ccc([N+](=O)[O-])cc1-c1ccco1. The van der Waals surface area contributed by atoms with E-state index in [0.29, 0.717) is 29.1 Å². The van der Waals surface area contributed by atoms with Gasteiger partial charge in [-0.05, 0) is 24.6 Å². The number of nitrogens with two attached hydrogens (primary N) is 1. The quantitative estimate of drug-likeness (QED) is 0.369. The Morgan fingerprint density at radius 2 is 1.83 bits per heavy atom. The van der Waals surface area contributed by atoms with E-state index >= 15 is 0 Å². The van der Waals surface area contributed by atoms with Crippen molar-refractivity contribution < 1.29 is 23.7 Å². The largest absolute Gasteiger partial charge is 0.464 e. The van der Waals surface area contributed by atoms with Crippen LogP contribution in [0.1, 0.15) is 29.3 Å². The standard InChI is InChI=1S/C17H11NO4.C4H9NO2/c19-17(12-5-2-1-3-6-12)14-9-8-13(18(20)21)11-15(14)16-7-4-10-22-16;1-2-3-7-4(5)6/h1-11H;2-3H2,1H3,(H2,5,6). The summed E-state index contributed by atoms with van der Waals surface area (Å²) >= 11 is 0. The monoisotopic (exact) mass is 396 g/mol. The average molecular weight is 396 g/mol. The summed E-state index contributed by atoms with van der Waals surface area (Å²) in [5, 5.41) is 11.0. The summed E-state index contributed by atoms with van der Waals surface area (Å²) in [6, 6.07) is 16.2. The summed E-state index contributed by atoms with van der Waals surface area (Å²) in [6.07, 6.45) is 1.59. The number of hydrogen-bond donors (Lipinski definition) is 1. The molecule has 8 heteroatoms. The number of nitrogens with zero attached hydrogens (tertiary/aromatic N) is 1. The molecule has 0 saturated heterocycles. The number of nitro benzene ring substituents is 1. The van der Waals surface area contributed by atoms with Crippen LogP contribution < -0.4 is 5.73 Å². The minimum Gasteiger partial charge on any atom is -0.464 e. The van der Waals surface area contributed by atoms with Crippen LogP contribution in [0.4, 0.5) is 10.5 Å². The highest BCUT2D eigenvalue weighted by Gasteiger charge is 2.19. The highest BCUT2D eigenvalue weighted by atomic mass is 16.6. The molecule has 0 spiro atoms. The number of amides is 1. The maximum absolute atomic E-state index is 12.6. The minimum absolute atomic E-state index is 0.0870. The van der Waals surface area contributed by atoms with Crippen molar-refractivity contribution in [1.82, 2.24) is 0 Å².